The third-order valence-electron chi connectivity index (χ3n) is 4.58. The van der Waals surface area contributed by atoms with Crippen LogP contribution in [0.2, 0.25) is 10.3 Å². The monoisotopic (exact) mass is 468 g/mol. The van der Waals surface area contributed by atoms with E-state index in [4.69, 9.17) is 23.2 Å². The number of carbonyl (C=O) groups excluding carboxylic acids is 1. The first-order valence-corrected chi connectivity index (χ1v) is 10.2. The topological polar surface area (TPSA) is 93.6 Å². The first kappa shape index (κ1) is 21.7. The second kappa shape index (κ2) is 9.33. The van der Waals surface area contributed by atoms with Gasteiger partial charge in [-0.15, -0.1) is 0 Å². The van der Waals surface area contributed by atoms with Gasteiger partial charge in [0.25, 0.3) is 5.91 Å². The van der Waals surface area contributed by atoms with Crippen molar-refractivity contribution < 1.29 is 9.18 Å². The number of carbonyl (C=O) groups is 1. The SMILES string of the molecule is CC(NC(=O)c1cc(-c2ccc(Cl)cc2)nc(-c2cnc(Cl)nc2)n1)c1ccnc(F)c1. The number of halogens is 3. The molecule has 4 rings (SSSR count). The molecule has 0 bridgehead atoms. The fourth-order valence-corrected chi connectivity index (χ4v) is 3.15. The molecule has 1 N–H and O–H groups in total. The van der Waals surface area contributed by atoms with E-state index in [0.29, 0.717) is 21.8 Å². The van der Waals surface area contributed by atoms with Crippen LogP contribution in [0.15, 0.2) is 61.1 Å². The number of aromatic nitrogens is 5. The van der Waals surface area contributed by atoms with Gasteiger partial charge < -0.3 is 5.32 Å². The van der Waals surface area contributed by atoms with Gasteiger partial charge in [0.15, 0.2) is 5.82 Å². The number of nitrogens with zero attached hydrogens (tertiary/aromatic N) is 5. The lowest BCUT2D eigenvalue weighted by Crippen LogP contribution is -2.28. The van der Waals surface area contributed by atoms with E-state index in [0.717, 1.165) is 5.56 Å². The predicted molar refractivity (Wildman–Crippen MR) is 119 cm³/mol. The van der Waals surface area contributed by atoms with Crippen molar-refractivity contribution in [3.05, 3.63) is 88.6 Å². The highest BCUT2D eigenvalue weighted by Gasteiger charge is 2.17. The molecule has 1 amide bonds. The molecule has 0 fully saturated rings. The Kier molecular flexibility index (Phi) is 6.34. The zero-order chi connectivity index (χ0) is 22.7. The van der Waals surface area contributed by atoms with Crippen LogP contribution in [0, 0.1) is 5.95 Å². The molecule has 7 nitrogen and oxygen atoms in total. The lowest BCUT2D eigenvalue weighted by atomic mass is 10.1. The average Bonchev–Trinajstić information content (AvgIpc) is 2.79. The van der Waals surface area contributed by atoms with Crippen LogP contribution in [-0.4, -0.2) is 30.8 Å². The Morgan fingerprint density at radius 2 is 1.69 bits per heavy atom. The van der Waals surface area contributed by atoms with Gasteiger partial charge in [0.1, 0.15) is 5.69 Å². The zero-order valence-corrected chi connectivity index (χ0v) is 18.1. The Bertz CT molecular complexity index is 1200. The van der Waals surface area contributed by atoms with Crippen molar-refractivity contribution in [2.75, 3.05) is 0 Å². The van der Waals surface area contributed by atoms with Crippen LogP contribution in [0.25, 0.3) is 22.6 Å². The van der Waals surface area contributed by atoms with Gasteiger partial charge in [-0.3, -0.25) is 4.79 Å². The third kappa shape index (κ3) is 5.04. The molecule has 10 heteroatoms. The number of rotatable bonds is 5. The summed E-state index contributed by atoms with van der Waals surface area (Å²) in [7, 11) is 0. The number of benzene rings is 1. The quantitative estimate of drug-likeness (QED) is 0.329. The smallest absolute Gasteiger partial charge is 0.270 e. The van der Waals surface area contributed by atoms with Crippen molar-refractivity contribution in [1.82, 2.24) is 30.2 Å². The van der Waals surface area contributed by atoms with Gasteiger partial charge in [0, 0.05) is 29.2 Å². The minimum absolute atomic E-state index is 0.0824. The summed E-state index contributed by atoms with van der Waals surface area (Å²) in [5, 5.41) is 3.48. The second-order valence-electron chi connectivity index (χ2n) is 6.82. The molecule has 0 saturated carbocycles. The van der Waals surface area contributed by atoms with Gasteiger partial charge in [-0.1, -0.05) is 23.7 Å². The number of pyridine rings is 1. The highest BCUT2D eigenvalue weighted by atomic mass is 35.5. The van der Waals surface area contributed by atoms with E-state index in [1.54, 1.807) is 43.3 Å². The molecular formula is C22H15Cl2FN6O. The van der Waals surface area contributed by atoms with E-state index in [-0.39, 0.29) is 16.8 Å². The normalized spacial score (nSPS) is 11.8. The minimum atomic E-state index is -0.624. The number of hydrogen-bond acceptors (Lipinski definition) is 6. The van der Waals surface area contributed by atoms with Crippen molar-refractivity contribution >= 4 is 29.1 Å². The average molecular weight is 469 g/mol. The molecule has 0 saturated heterocycles. The molecule has 0 aliphatic carbocycles. The van der Waals surface area contributed by atoms with Crippen LogP contribution in [0.3, 0.4) is 0 Å². The van der Waals surface area contributed by atoms with E-state index in [1.807, 2.05) is 0 Å². The number of hydrogen-bond donors (Lipinski definition) is 1. The molecule has 0 spiro atoms. The molecule has 4 aromatic rings. The molecule has 160 valence electrons. The van der Waals surface area contributed by atoms with Crippen molar-refractivity contribution in [1.29, 1.82) is 0 Å². The Morgan fingerprint density at radius 3 is 2.38 bits per heavy atom. The molecule has 3 heterocycles. The molecule has 3 aromatic heterocycles. The van der Waals surface area contributed by atoms with Crippen LogP contribution in [0.4, 0.5) is 4.39 Å². The molecule has 0 radical (unpaired) electrons. The summed E-state index contributed by atoms with van der Waals surface area (Å²) in [6.45, 7) is 1.74. The van der Waals surface area contributed by atoms with Crippen LogP contribution in [-0.2, 0) is 0 Å². The van der Waals surface area contributed by atoms with E-state index >= 15 is 0 Å². The zero-order valence-electron chi connectivity index (χ0n) is 16.6. The van der Waals surface area contributed by atoms with Gasteiger partial charge in [-0.2, -0.15) is 4.39 Å². The first-order valence-electron chi connectivity index (χ1n) is 9.44. The molecule has 1 atom stereocenters. The molecule has 0 aliphatic heterocycles. The van der Waals surface area contributed by atoms with Gasteiger partial charge in [0.2, 0.25) is 11.2 Å². The number of nitrogens with one attached hydrogen (secondary N) is 1. The summed E-state index contributed by atoms with van der Waals surface area (Å²) in [6, 6.07) is 11.0. The predicted octanol–water partition coefficient (Wildman–Crippen LogP) is 4.93. The standard InChI is InChI=1S/C22H15Cl2FN6O/c1-12(14-6-7-26-19(25)8-14)29-21(32)18-9-17(13-2-4-16(23)5-3-13)30-20(31-18)15-10-27-22(24)28-11-15/h2-12H,1H3,(H,29,32). The summed E-state index contributed by atoms with van der Waals surface area (Å²) in [6.07, 6.45) is 4.29. The first-order chi connectivity index (χ1) is 15.4. The highest BCUT2D eigenvalue weighted by molar-refractivity contribution is 6.30. The Morgan fingerprint density at radius 1 is 0.969 bits per heavy atom. The lowest BCUT2D eigenvalue weighted by Gasteiger charge is -2.15. The molecular weight excluding hydrogens is 454 g/mol. The van der Waals surface area contributed by atoms with E-state index in [2.05, 4.69) is 30.2 Å². The van der Waals surface area contributed by atoms with E-state index in [9.17, 15) is 9.18 Å². The fourth-order valence-electron chi connectivity index (χ4n) is 2.93. The molecule has 1 aromatic carbocycles. The summed E-state index contributed by atoms with van der Waals surface area (Å²) in [5.41, 5.74) is 2.43. The van der Waals surface area contributed by atoms with Gasteiger partial charge in [-0.25, -0.2) is 24.9 Å². The van der Waals surface area contributed by atoms with E-state index < -0.39 is 17.9 Å². The minimum Gasteiger partial charge on any atom is -0.344 e. The van der Waals surface area contributed by atoms with E-state index in [1.165, 1.54) is 24.7 Å². The number of amides is 1. The highest BCUT2D eigenvalue weighted by Crippen LogP contribution is 2.24. The van der Waals surface area contributed by atoms with Gasteiger partial charge >= 0.3 is 0 Å². The van der Waals surface area contributed by atoms with Crippen LogP contribution < -0.4 is 5.32 Å². The summed E-state index contributed by atoms with van der Waals surface area (Å²) in [5.74, 6) is -0.828. The maximum Gasteiger partial charge on any atom is 0.270 e. The maximum absolute atomic E-state index is 13.5. The Balaban J connectivity index is 1.72. The van der Waals surface area contributed by atoms with Crippen LogP contribution in [0.1, 0.15) is 29.0 Å². The van der Waals surface area contributed by atoms with Gasteiger partial charge in [0.05, 0.1) is 17.3 Å². The van der Waals surface area contributed by atoms with Crippen molar-refractivity contribution in [2.24, 2.45) is 0 Å². The van der Waals surface area contributed by atoms with Crippen molar-refractivity contribution in [3.63, 3.8) is 0 Å². The van der Waals surface area contributed by atoms with Crippen LogP contribution in [0.5, 0.6) is 0 Å². The van der Waals surface area contributed by atoms with Gasteiger partial charge in [-0.05, 0) is 54.4 Å². The summed E-state index contributed by atoms with van der Waals surface area (Å²) in [4.78, 5) is 33.4. The Hall–Kier alpha value is -3.49. The Labute approximate surface area is 192 Å². The van der Waals surface area contributed by atoms with Crippen LogP contribution >= 0.6 is 23.2 Å². The second-order valence-corrected chi connectivity index (χ2v) is 7.59. The van der Waals surface area contributed by atoms with Crippen molar-refractivity contribution in [2.45, 2.75) is 13.0 Å². The maximum atomic E-state index is 13.5. The fraction of sp³-hybridized carbons (Fsp3) is 0.0909. The lowest BCUT2D eigenvalue weighted by molar-refractivity contribution is 0.0934. The third-order valence-corrected chi connectivity index (χ3v) is 5.02. The molecule has 32 heavy (non-hydrogen) atoms. The summed E-state index contributed by atoms with van der Waals surface area (Å²) >= 11 is 11.8. The largest absolute Gasteiger partial charge is 0.344 e. The summed E-state index contributed by atoms with van der Waals surface area (Å²) < 4.78 is 13.5. The molecule has 0 aliphatic rings. The molecule has 1 unspecified atom stereocenters. The van der Waals surface area contributed by atoms with Crippen molar-refractivity contribution in [3.8, 4) is 22.6 Å².